The van der Waals surface area contributed by atoms with Crippen LogP contribution < -0.4 is 5.32 Å². The van der Waals surface area contributed by atoms with Crippen LogP contribution in [0, 0.1) is 5.92 Å². The van der Waals surface area contributed by atoms with Gasteiger partial charge in [0.15, 0.2) is 0 Å². The monoisotopic (exact) mass is 234 g/mol. The number of likely N-dealkylation sites (tertiary alicyclic amines) is 1. The third-order valence-electron chi connectivity index (χ3n) is 2.69. The third-order valence-corrected chi connectivity index (χ3v) is 2.93. The Kier molecular flexibility index (Phi) is 5.98. The lowest BCUT2D eigenvalue weighted by molar-refractivity contribution is -0.118. The van der Waals surface area contributed by atoms with Gasteiger partial charge in [-0.3, -0.25) is 4.79 Å². The number of amides is 1. The summed E-state index contributed by atoms with van der Waals surface area (Å²) in [5, 5.41) is 2.82. The van der Waals surface area contributed by atoms with E-state index in [0.717, 1.165) is 39.2 Å². The quantitative estimate of drug-likeness (QED) is 0.673. The molecule has 1 saturated heterocycles. The second kappa shape index (κ2) is 7.04. The molecule has 0 aromatic carbocycles. The molecule has 0 bridgehead atoms. The van der Waals surface area contributed by atoms with Gasteiger partial charge in [-0.15, -0.1) is 11.6 Å². The Balaban J connectivity index is 2.10. The Hall–Kier alpha value is -0.320. The number of carbonyl (C=O) groups is 1. The molecule has 1 rings (SSSR count). The maximum absolute atomic E-state index is 10.9. The lowest BCUT2D eigenvalue weighted by atomic mass is 10.1. The zero-order chi connectivity index (χ0) is 11.1. The van der Waals surface area contributed by atoms with Crippen LogP contribution in [0.4, 0.5) is 0 Å². The molecule has 0 aliphatic carbocycles. The summed E-state index contributed by atoms with van der Waals surface area (Å²) in [5.74, 6) is 0.543. The molecule has 1 atom stereocenters. The summed E-state index contributed by atoms with van der Waals surface area (Å²) in [6, 6.07) is 0. The van der Waals surface area contributed by atoms with Crippen molar-refractivity contribution in [3.63, 3.8) is 0 Å². The first-order chi connectivity index (χ1) is 7.26. The summed E-state index contributed by atoms with van der Waals surface area (Å²) >= 11 is 5.40. The number of ether oxygens (including phenoxy) is 1. The first-order valence-corrected chi connectivity index (χ1v) is 5.83. The molecule has 0 radical (unpaired) electrons. The minimum absolute atomic E-state index is 0.0557. The number of hydrogen-bond acceptors (Lipinski definition) is 3. The van der Waals surface area contributed by atoms with E-state index in [0.29, 0.717) is 5.92 Å². The first-order valence-electron chi connectivity index (χ1n) is 5.30. The highest BCUT2D eigenvalue weighted by molar-refractivity contribution is 6.27. The van der Waals surface area contributed by atoms with Crippen molar-refractivity contribution in [3.05, 3.63) is 0 Å². The van der Waals surface area contributed by atoms with Crippen molar-refractivity contribution < 1.29 is 9.53 Å². The van der Waals surface area contributed by atoms with Crippen LogP contribution in [-0.4, -0.2) is 56.6 Å². The van der Waals surface area contributed by atoms with Crippen molar-refractivity contribution in [2.75, 3.05) is 45.8 Å². The summed E-state index contributed by atoms with van der Waals surface area (Å²) in [7, 11) is 1.72. The molecule has 15 heavy (non-hydrogen) atoms. The lowest BCUT2D eigenvalue weighted by Crippen LogP contribution is -2.32. The van der Waals surface area contributed by atoms with Gasteiger partial charge < -0.3 is 15.0 Å². The SMILES string of the molecule is COCCN1CCC(CNC(=O)CCl)C1. The molecule has 1 aliphatic rings. The minimum atomic E-state index is -0.0768. The van der Waals surface area contributed by atoms with Crippen molar-refractivity contribution in [1.82, 2.24) is 10.2 Å². The molecule has 0 aromatic rings. The van der Waals surface area contributed by atoms with Gasteiger partial charge in [-0.2, -0.15) is 0 Å². The molecule has 88 valence electrons. The molecular weight excluding hydrogens is 216 g/mol. The number of methoxy groups -OCH3 is 1. The van der Waals surface area contributed by atoms with E-state index < -0.39 is 0 Å². The van der Waals surface area contributed by atoms with Crippen LogP contribution in [0.5, 0.6) is 0 Å². The Morgan fingerprint density at radius 3 is 3.13 bits per heavy atom. The molecule has 1 aliphatic heterocycles. The van der Waals surface area contributed by atoms with Crippen LogP contribution >= 0.6 is 11.6 Å². The average Bonchev–Trinajstić information content (AvgIpc) is 2.71. The van der Waals surface area contributed by atoms with Gasteiger partial charge in [0.05, 0.1) is 6.61 Å². The molecule has 1 amide bonds. The van der Waals surface area contributed by atoms with Crippen LogP contribution in [0.3, 0.4) is 0 Å². The van der Waals surface area contributed by atoms with Crippen molar-refractivity contribution in [2.45, 2.75) is 6.42 Å². The third kappa shape index (κ3) is 4.82. The Labute approximate surface area is 95.9 Å². The van der Waals surface area contributed by atoms with E-state index in [1.807, 2.05) is 0 Å². The van der Waals surface area contributed by atoms with E-state index in [-0.39, 0.29) is 11.8 Å². The topological polar surface area (TPSA) is 41.6 Å². The smallest absolute Gasteiger partial charge is 0.234 e. The van der Waals surface area contributed by atoms with Gasteiger partial charge in [-0.1, -0.05) is 0 Å². The van der Waals surface area contributed by atoms with E-state index in [9.17, 15) is 4.79 Å². The number of rotatable bonds is 6. The standard InChI is InChI=1S/C10H19ClN2O2/c1-15-5-4-13-3-2-9(8-13)7-12-10(14)6-11/h9H,2-8H2,1H3,(H,12,14). The second-order valence-corrected chi connectivity index (χ2v) is 4.15. The van der Waals surface area contributed by atoms with Crippen molar-refractivity contribution in [2.24, 2.45) is 5.92 Å². The first kappa shape index (κ1) is 12.7. The van der Waals surface area contributed by atoms with E-state index >= 15 is 0 Å². The summed E-state index contributed by atoms with van der Waals surface area (Å²) in [5.41, 5.74) is 0. The van der Waals surface area contributed by atoms with Crippen molar-refractivity contribution in [3.8, 4) is 0 Å². The second-order valence-electron chi connectivity index (χ2n) is 3.89. The maximum Gasteiger partial charge on any atom is 0.234 e. The molecular formula is C10H19ClN2O2. The zero-order valence-corrected chi connectivity index (χ0v) is 9.92. The van der Waals surface area contributed by atoms with E-state index in [1.54, 1.807) is 7.11 Å². The molecule has 4 nitrogen and oxygen atoms in total. The predicted molar refractivity (Wildman–Crippen MR) is 60.2 cm³/mol. The Morgan fingerprint density at radius 1 is 1.67 bits per heavy atom. The van der Waals surface area contributed by atoms with E-state index in [4.69, 9.17) is 16.3 Å². The molecule has 0 aromatic heterocycles. The zero-order valence-electron chi connectivity index (χ0n) is 9.17. The fourth-order valence-corrected chi connectivity index (χ4v) is 1.90. The molecule has 1 N–H and O–H groups in total. The van der Waals surface area contributed by atoms with Crippen molar-refractivity contribution >= 4 is 17.5 Å². The average molecular weight is 235 g/mol. The highest BCUT2D eigenvalue weighted by Crippen LogP contribution is 2.14. The fraction of sp³-hybridized carbons (Fsp3) is 0.900. The van der Waals surface area contributed by atoms with Gasteiger partial charge in [-0.05, 0) is 18.9 Å². The van der Waals surface area contributed by atoms with Gasteiger partial charge in [0.25, 0.3) is 0 Å². The lowest BCUT2D eigenvalue weighted by Gasteiger charge is -2.15. The molecule has 0 spiro atoms. The summed E-state index contributed by atoms with van der Waals surface area (Å²) in [6.45, 7) is 4.66. The summed E-state index contributed by atoms with van der Waals surface area (Å²) in [4.78, 5) is 13.3. The highest BCUT2D eigenvalue weighted by Gasteiger charge is 2.21. The minimum Gasteiger partial charge on any atom is -0.383 e. The summed E-state index contributed by atoms with van der Waals surface area (Å²) < 4.78 is 5.03. The number of carbonyl (C=O) groups excluding carboxylic acids is 1. The molecule has 5 heteroatoms. The van der Waals surface area contributed by atoms with E-state index in [1.165, 1.54) is 0 Å². The van der Waals surface area contributed by atoms with Gasteiger partial charge in [0.2, 0.25) is 5.91 Å². The molecule has 0 saturated carbocycles. The molecule has 1 unspecified atom stereocenters. The largest absolute Gasteiger partial charge is 0.383 e. The predicted octanol–water partition coefficient (Wildman–Crippen LogP) is 0.310. The normalized spacial score (nSPS) is 21.9. The van der Waals surface area contributed by atoms with Gasteiger partial charge >= 0.3 is 0 Å². The molecule has 1 fully saturated rings. The van der Waals surface area contributed by atoms with Gasteiger partial charge in [-0.25, -0.2) is 0 Å². The van der Waals surface area contributed by atoms with Crippen LogP contribution in [0.25, 0.3) is 0 Å². The fourth-order valence-electron chi connectivity index (χ4n) is 1.81. The molecule has 1 heterocycles. The Morgan fingerprint density at radius 2 is 2.47 bits per heavy atom. The van der Waals surface area contributed by atoms with Crippen LogP contribution in [0.2, 0.25) is 0 Å². The van der Waals surface area contributed by atoms with Crippen LogP contribution in [0.1, 0.15) is 6.42 Å². The number of halogens is 1. The van der Waals surface area contributed by atoms with E-state index in [2.05, 4.69) is 10.2 Å². The number of alkyl halides is 1. The van der Waals surface area contributed by atoms with Gasteiger partial charge in [0, 0.05) is 26.7 Å². The Bertz CT molecular complexity index is 202. The van der Waals surface area contributed by atoms with Crippen LogP contribution in [0.15, 0.2) is 0 Å². The number of hydrogen-bond donors (Lipinski definition) is 1. The van der Waals surface area contributed by atoms with Gasteiger partial charge in [0.1, 0.15) is 5.88 Å². The summed E-state index contributed by atoms with van der Waals surface area (Å²) in [6.07, 6.45) is 1.15. The number of nitrogens with one attached hydrogen (secondary N) is 1. The van der Waals surface area contributed by atoms with Crippen LogP contribution in [-0.2, 0) is 9.53 Å². The number of nitrogens with zero attached hydrogens (tertiary/aromatic N) is 1. The van der Waals surface area contributed by atoms with Crippen molar-refractivity contribution in [1.29, 1.82) is 0 Å². The highest BCUT2D eigenvalue weighted by atomic mass is 35.5. The maximum atomic E-state index is 10.9.